The Bertz CT molecular complexity index is 898. The Hall–Kier alpha value is -2.27. The van der Waals surface area contributed by atoms with Gasteiger partial charge in [0.15, 0.2) is 0 Å². The van der Waals surface area contributed by atoms with Gasteiger partial charge in [0, 0.05) is 40.4 Å². The van der Waals surface area contributed by atoms with Crippen molar-refractivity contribution in [3.63, 3.8) is 0 Å². The third kappa shape index (κ3) is 5.02. The summed E-state index contributed by atoms with van der Waals surface area (Å²) in [5.74, 6) is 0.613. The second-order valence-corrected chi connectivity index (χ2v) is 9.37. The molecule has 2 fully saturated rings. The van der Waals surface area contributed by atoms with Gasteiger partial charge in [-0.1, -0.05) is 23.9 Å². The van der Waals surface area contributed by atoms with Crippen molar-refractivity contribution in [3.8, 4) is 0 Å². The molecule has 2 aromatic carbocycles. The molecule has 2 aliphatic rings. The zero-order valence-corrected chi connectivity index (χ0v) is 17.9. The van der Waals surface area contributed by atoms with Crippen molar-refractivity contribution in [1.82, 2.24) is 4.90 Å². The van der Waals surface area contributed by atoms with Crippen LogP contribution in [-0.4, -0.2) is 29.8 Å². The number of nitrogens with zero attached hydrogens (tertiary/aromatic N) is 1. The Morgan fingerprint density at radius 1 is 0.931 bits per heavy atom. The highest BCUT2D eigenvalue weighted by atomic mass is 32.2. The van der Waals surface area contributed by atoms with Crippen LogP contribution >= 0.6 is 11.8 Å². The average Bonchev–Trinajstić information content (AvgIpc) is 3.57. The number of piperidine rings is 1. The third-order valence-electron chi connectivity index (χ3n) is 5.80. The summed E-state index contributed by atoms with van der Waals surface area (Å²) in [7, 11) is 0. The van der Waals surface area contributed by atoms with E-state index in [2.05, 4.69) is 49.5 Å². The van der Waals surface area contributed by atoms with Crippen molar-refractivity contribution >= 4 is 29.3 Å². The van der Waals surface area contributed by atoms with Crippen molar-refractivity contribution in [1.29, 1.82) is 0 Å². The first-order valence-electron chi connectivity index (χ1n) is 10.4. The van der Waals surface area contributed by atoms with Crippen molar-refractivity contribution in [2.45, 2.75) is 49.3 Å². The van der Waals surface area contributed by atoms with Crippen LogP contribution in [0.1, 0.15) is 36.8 Å². The van der Waals surface area contributed by atoms with E-state index in [0.29, 0.717) is 19.0 Å². The van der Waals surface area contributed by atoms with E-state index in [9.17, 15) is 9.59 Å². The number of aryl methyl sites for hydroxylation is 2. The molecule has 2 amide bonds. The van der Waals surface area contributed by atoms with Gasteiger partial charge >= 0.3 is 0 Å². The van der Waals surface area contributed by atoms with Gasteiger partial charge in [-0.25, -0.2) is 0 Å². The predicted octanol–water partition coefficient (Wildman–Crippen LogP) is 5.04. The first-order valence-corrected chi connectivity index (χ1v) is 11.3. The standard InChI is InChI=1S/C24H28N2O2S/c1-16-3-4-17(2)22(15-16)29-21-9-7-20(8-10-21)25-23(27)18-11-13-26(14-12-18)24(28)19-5-6-19/h3-4,7-10,15,18-19H,5-6,11-14H2,1-2H3,(H,25,27). The minimum absolute atomic E-state index is 0.0118. The Kier molecular flexibility index (Phi) is 5.95. The van der Waals surface area contributed by atoms with Crippen molar-refractivity contribution in [2.24, 2.45) is 11.8 Å². The number of anilines is 1. The second kappa shape index (κ2) is 8.62. The van der Waals surface area contributed by atoms with Crippen LogP contribution < -0.4 is 5.32 Å². The molecule has 0 aromatic heterocycles. The molecule has 5 heteroatoms. The maximum atomic E-state index is 12.6. The summed E-state index contributed by atoms with van der Waals surface area (Å²) in [6, 6.07) is 14.5. The average molecular weight is 409 g/mol. The lowest BCUT2D eigenvalue weighted by molar-refractivity contribution is -0.135. The Morgan fingerprint density at radius 2 is 1.62 bits per heavy atom. The van der Waals surface area contributed by atoms with Crippen molar-refractivity contribution in [2.75, 3.05) is 18.4 Å². The zero-order chi connectivity index (χ0) is 20.4. The number of hydrogen-bond acceptors (Lipinski definition) is 3. The number of carbonyl (C=O) groups is 2. The normalized spacial score (nSPS) is 17.2. The first kappa shape index (κ1) is 20.0. The molecule has 4 rings (SSSR count). The molecule has 29 heavy (non-hydrogen) atoms. The second-order valence-electron chi connectivity index (χ2n) is 8.26. The molecule has 0 spiro atoms. The highest BCUT2D eigenvalue weighted by Crippen LogP contribution is 2.33. The molecular formula is C24H28N2O2S. The third-order valence-corrected chi connectivity index (χ3v) is 6.96. The molecule has 0 atom stereocenters. The molecule has 152 valence electrons. The van der Waals surface area contributed by atoms with Crippen LogP contribution in [0.3, 0.4) is 0 Å². The van der Waals surface area contributed by atoms with Gasteiger partial charge in [0.1, 0.15) is 0 Å². The van der Waals surface area contributed by atoms with Gasteiger partial charge in [-0.3, -0.25) is 9.59 Å². The smallest absolute Gasteiger partial charge is 0.227 e. The fourth-order valence-electron chi connectivity index (χ4n) is 3.75. The number of nitrogens with one attached hydrogen (secondary N) is 1. The summed E-state index contributed by atoms with van der Waals surface area (Å²) in [5.41, 5.74) is 3.35. The fourth-order valence-corrected chi connectivity index (χ4v) is 4.75. The van der Waals surface area contributed by atoms with Crippen molar-refractivity contribution in [3.05, 3.63) is 53.6 Å². The minimum Gasteiger partial charge on any atom is -0.342 e. The number of carbonyl (C=O) groups excluding carboxylic acids is 2. The summed E-state index contributed by atoms with van der Waals surface area (Å²) in [4.78, 5) is 29.1. The van der Waals surface area contributed by atoms with Crippen LogP contribution in [0.5, 0.6) is 0 Å². The van der Waals surface area contributed by atoms with Gasteiger partial charge in [-0.05, 0) is 81.0 Å². The Morgan fingerprint density at radius 3 is 2.28 bits per heavy atom. The molecule has 2 aromatic rings. The van der Waals surface area contributed by atoms with E-state index in [1.807, 2.05) is 17.0 Å². The topological polar surface area (TPSA) is 49.4 Å². The molecule has 1 aliphatic carbocycles. The van der Waals surface area contributed by atoms with E-state index in [1.54, 1.807) is 11.8 Å². The summed E-state index contributed by atoms with van der Waals surface area (Å²) in [5, 5.41) is 3.05. The van der Waals surface area contributed by atoms with Crippen LogP contribution in [0, 0.1) is 25.7 Å². The molecule has 1 aliphatic heterocycles. The molecule has 0 bridgehead atoms. The number of hydrogen-bond donors (Lipinski definition) is 1. The highest BCUT2D eigenvalue weighted by molar-refractivity contribution is 7.99. The van der Waals surface area contributed by atoms with E-state index < -0.39 is 0 Å². The molecule has 0 radical (unpaired) electrons. The van der Waals surface area contributed by atoms with Crippen LogP contribution in [0.2, 0.25) is 0 Å². The summed E-state index contributed by atoms with van der Waals surface area (Å²) in [6.45, 7) is 5.64. The molecule has 1 saturated carbocycles. The van der Waals surface area contributed by atoms with Crippen LogP contribution in [0.15, 0.2) is 52.3 Å². The molecule has 1 saturated heterocycles. The Labute approximate surface area is 177 Å². The molecule has 1 heterocycles. The van der Waals surface area contributed by atoms with Crippen molar-refractivity contribution < 1.29 is 9.59 Å². The van der Waals surface area contributed by atoms with Gasteiger partial charge in [0.2, 0.25) is 11.8 Å². The lowest BCUT2D eigenvalue weighted by atomic mass is 9.95. The maximum Gasteiger partial charge on any atom is 0.227 e. The monoisotopic (exact) mass is 408 g/mol. The molecule has 1 N–H and O–H groups in total. The van der Waals surface area contributed by atoms with Gasteiger partial charge in [-0.15, -0.1) is 0 Å². The number of benzene rings is 2. The Balaban J connectivity index is 1.30. The summed E-state index contributed by atoms with van der Waals surface area (Å²) >= 11 is 1.74. The largest absolute Gasteiger partial charge is 0.342 e. The van der Waals surface area contributed by atoms with Gasteiger partial charge in [-0.2, -0.15) is 0 Å². The molecule has 0 unspecified atom stereocenters. The summed E-state index contributed by atoms with van der Waals surface area (Å²) < 4.78 is 0. The number of likely N-dealkylation sites (tertiary alicyclic amines) is 1. The SMILES string of the molecule is Cc1ccc(C)c(Sc2ccc(NC(=O)C3CCN(C(=O)C4CC4)CC3)cc2)c1. The highest BCUT2D eigenvalue weighted by Gasteiger charge is 2.35. The number of rotatable bonds is 5. The van der Waals surface area contributed by atoms with Crippen LogP contribution in [0.25, 0.3) is 0 Å². The lowest BCUT2D eigenvalue weighted by Gasteiger charge is -2.31. The van der Waals surface area contributed by atoms with Crippen LogP contribution in [0.4, 0.5) is 5.69 Å². The van der Waals surface area contributed by atoms with Gasteiger partial charge in [0.25, 0.3) is 0 Å². The van der Waals surface area contributed by atoms with E-state index in [-0.39, 0.29) is 17.7 Å². The van der Waals surface area contributed by atoms with E-state index in [0.717, 1.165) is 36.3 Å². The maximum absolute atomic E-state index is 12.6. The zero-order valence-electron chi connectivity index (χ0n) is 17.1. The predicted molar refractivity (Wildman–Crippen MR) is 117 cm³/mol. The van der Waals surface area contributed by atoms with Gasteiger partial charge < -0.3 is 10.2 Å². The summed E-state index contributed by atoms with van der Waals surface area (Å²) in [6.07, 6.45) is 3.59. The number of amides is 2. The first-order chi connectivity index (χ1) is 14.0. The van der Waals surface area contributed by atoms with E-state index in [4.69, 9.17) is 0 Å². The quantitative estimate of drug-likeness (QED) is 0.754. The van der Waals surface area contributed by atoms with Gasteiger partial charge in [0.05, 0.1) is 0 Å². The minimum atomic E-state index is -0.0118. The fraction of sp³-hybridized carbons (Fsp3) is 0.417. The lowest BCUT2D eigenvalue weighted by Crippen LogP contribution is -2.42. The molecular weight excluding hydrogens is 380 g/mol. The molecule has 4 nitrogen and oxygen atoms in total. The van der Waals surface area contributed by atoms with E-state index in [1.165, 1.54) is 16.0 Å². The van der Waals surface area contributed by atoms with E-state index >= 15 is 0 Å². The van der Waals surface area contributed by atoms with Crippen LogP contribution in [-0.2, 0) is 9.59 Å².